The summed E-state index contributed by atoms with van der Waals surface area (Å²) < 4.78 is 7.80. The van der Waals surface area contributed by atoms with Crippen molar-refractivity contribution in [2.45, 2.75) is 20.4 Å². The third-order valence-corrected chi connectivity index (χ3v) is 5.02. The number of methoxy groups -OCH3 is 1. The fourth-order valence-electron chi connectivity index (χ4n) is 3.77. The Labute approximate surface area is 153 Å². The first kappa shape index (κ1) is 16.2. The Bertz CT molecular complexity index is 1180. The van der Waals surface area contributed by atoms with E-state index < -0.39 is 0 Å². The van der Waals surface area contributed by atoms with E-state index in [0.29, 0.717) is 5.56 Å². The van der Waals surface area contributed by atoms with Gasteiger partial charge in [0.2, 0.25) is 0 Å². The average molecular weight is 340 g/mol. The van der Waals surface area contributed by atoms with E-state index in [2.05, 4.69) is 54.8 Å². The average Bonchev–Trinajstić information content (AvgIpc) is 2.99. The van der Waals surface area contributed by atoms with Gasteiger partial charge in [0.15, 0.2) is 0 Å². The van der Waals surface area contributed by atoms with E-state index in [1.54, 1.807) is 7.11 Å². The number of nitriles is 1. The van der Waals surface area contributed by atoms with E-state index in [9.17, 15) is 5.26 Å². The van der Waals surface area contributed by atoms with Gasteiger partial charge in [-0.25, -0.2) is 0 Å². The van der Waals surface area contributed by atoms with Gasteiger partial charge in [0.25, 0.3) is 0 Å². The van der Waals surface area contributed by atoms with Crippen molar-refractivity contribution in [3.63, 3.8) is 0 Å². The fourth-order valence-corrected chi connectivity index (χ4v) is 3.77. The summed E-state index contributed by atoms with van der Waals surface area (Å²) in [5.74, 6) is 0.865. The van der Waals surface area contributed by atoms with Crippen molar-refractivity contribution >= 4 is 21.8 Å². The minimum atomic E-state index is 0.692. The Morgan fingerprint density at radius 2 is 1.81 bits per heavy atom. The molecule has 0 aliphatic heterocycles. The number of fused-ring (bicyclic) bond motifs is 3. The molecule has 3 aromatic carbocycles. The number of hydrogen-bond donors (Lipinski definition) is 0. The molecule has 4 aromatic rings. The van der Waals surface area contributed by atoms with E-state index in [1.165, 1.54) is 32.9 Å². The van der Waals surface area contributed by atoms with Crippen LogP contribution in [0.5, 0.6) is 5.75 Å². The zero-order valence-electron chi connectivity index (χ0n) is 15.2. The molecule has 0 radical (unpaired) electrons. The number of benzene rings is 3. The summed E-state index contributed by atoms with van der Waals surface area (Å²) in [5, 5.41) is 11.7. The molecule has 26 heavy (non-hydrogen) atoms. The lowest BCUT2D eigenvalue weighted by atomic mass is 10.0. The van der Waals surface area contributed by atoms with Crippen LogP contribution >= 0.6 is 0 Å². The smallest absolute Gasteiger partial charge is 0.119 e. The van der Waals surface area contributed by atoms with Crippen LogP contribution < -0.4 is 4.74 Å². The molecule has 4 rings (SSSR count). The molecular formula is C23H20N2O. The molecule has 0 aliphatic carbocycles. The van der Waals surface area contributed by atoms with E-state index in [1.807, 2.05) is 24.3 Å². The minimum absolute atomic E-state index is 0.692. The summed E-state index contributed by atoms with van der Waals surface area (Å²) in [6.07, 6.45) is 0. The molecule has 0 aliphatic rings. The van der Waals surface area contributed by atoms with Crippen LogP contribution in [0.25, 0.3) is 21.8 Å². The van der Waals surface area contributed by atoms with E-state index in [0.717, 1.165) is 17.9 Å². The van der Waals surface area contributed by atoms with Crippen LogP contribution in [0.15, 0.2) is 54.6 Å². The molecule has 3 heteroatoms. The highest BCUT2D eigenvalue weighted by molar-refractivity contribution is 6.11. The Hall–Kier alpha value is -3.25. The molecule has 0 atom stereocenters. The molecule has 0 amide bonds. The lowest BCUT2D eigenvalue weighted by Gasteiger charge is -2.10. The maximum atomic E-state index is 9.20. The van der Waals surface area contributed by atoms with E-state index in [4.69, 9.17) is 4.74 Å². The molecule has 1 heterocycles. The number of aromatic nitrogens is 1. The highest BCUT2D eigenvalue weighted by Gasteiger charge is 2.15. The monoisotopic (exact) mass is 340 g/mol. The van der Waals surface area contributed by atoms with Gasteiger partial charge in [-0.15, -0.1) is 0 Å². The van der Waals surface area contributed by atoms with Crippen LogP contribution in [-0.4, -0.2) is 11.7 Å². The quantitative estimate of drug-likeness (QED) is 0.505. The van der Waals surface area contributed by atoms with Crippen LogP contribution in [0.1, 0.15) is 22.3 Å². The second-order valence-corrected chi connectivity index (χ2v) is 6.70. The van der Waals surface area contributed by atoms with Crippen molar-refractivity contribution in [1.29, 1.82) is 5.26 Å². The van der Waals surface area contributed by atoms with Gasteiger partial charge in [-0.05, 0) is 60.9 Å². The molecule has 0 saturated heterocycles. The zero-order valence-corrected chi connectivity index (χ0v) is 15.2. The van der Waals surface area contributed by atoms with Gasteiger partial charge in [0.1, 0.15) is 5.75 Å². The summed E-state index contributed by atoms with van der Waals surface area (Å²) in [6, 6.07) is 20.7. The predicted molar refractivity (Wildman–Crippen MR) is 106 cm³/mol. The van der Waals surface area contributed by atoms with Crippen molar-refractivity contribution in [3.8, 4) is 11.8 Å². The van der Waals surface area contributed by atoms with Crippen molar-refractivity contribution in [3.05, 3.63) is 76.9 Å². The van der Waals surface area contributed by atoms with Gasteiger partial charge in [0.05, 0.1) is 24.3 Å². The first-order chi connectivity index (χ1) is 12.6. The normalized spacial score (nSPS) is 11.0. The SMILES string of the molecule is COc1ccc2c(c1)c1c(C)ccc(C)c1n2Cc1cccc(C#N)c1. The van der Waals surface area contributed by atoms with Crippen LogP contribution in [0, 0.1) is 25.2 Å². The summed E-state index contributed by atoms with van der Waals surface area (Å²) in [4.78, 5) is 0. The molecule has 3 nitrogen and oxygen atoms in total. The lowest BCUT2D eigenvalue weighted by Crippen LogP contribution is -2.01. The third kappa shape index (κ3) is 2.51. The van der Waals surface area contributed by atoms with Crippen LogP contribution in [0.3, 0.4) is 0 Å². The predicted octanol–water partition coefficient (Wildman–Crippen LogP) is 5.34. The molecule has 128 valence electrons. The van der Waals surface area contributed by atoms with Crippen LogP contribution in [0.4, 0.5) is 0 Å². The van der Waals surface area contributed by atoms with Crippen LogP contribution in [0.2, 0.25) is 0 Å². The van der Waals surface area contributed by atoms with E-state index >= 15 is 0 Å². The Balaban J connectivity index is 2.03. The molecular weight excluding hydrogens is 320 g/mol. The summed E-state index contributed by atoms with van der Waals surface area (Å²) in [7, 11) is 1.70. The Morgan fingerprint density at radius 3 is 2.58 bits per heavy atom. The molecule has 0 N–H and O–H groups in total. The van der Waals surface area contributed by atoms with Crippen molar-refractivity contribution in [1.82, 2.24) is 4.57 Å². The Kier molecular flexibility index (Phi) is 3.89. The molecule has 1 aromatic heterocycles. The zero-order chi connectivity index (χ0) is 18.3. The summed E-state index contributed by atoms with van der Waals surface area (Å²) in [5.41, 5.74) is 6.75. The maximum absolute atomic E-state index is 9.20. The van der Waals surface area contributed by atoms with Crippen molar-refractivity contribution < 1.29 is 4.74 Å². The van der Waals surface area contributed by atoms with Gasteiger partial charge >= 0.3 is 0 Å². The van der Waals surface area contributed by atoms with Gasteiger partial charge in [-0.2, -0.15) is 5.26 Å². The second kappa shape index (κ2) is 6.24. The second-order valence-electron chi connectivity index (χ2n) is 6.70. The number of rotatable bonds is 3. The van der Waals surface area contributed by atoms with E-state index in [-0.39, 0.29) is 0 Å². The molecule has 0 unspecified atom stereocenters. The van der Waals surface area contributed by atoms with Crippen molar-refractivity contribution in [2.24, 2.45) is 0 Å². The number of nitrogens with zero attached hydrogens (tertiary/aromatic N) is 2. The van der Waals surface area contributed by atoms with Crippen LogP contribution in [-0.2, 0) is 6.54 Å². The standard InChI is InChI=1S/C23H20N2O/c1-15-7-8-16(2)23-22(15)20-12-19(26-3)9-10-21(20)25(23)14-18-6-4-5-17(11-18)13-24/h4-12H,14H2,1-3H3. The third-order valence-electron chi connectivity index (χ3n) is 5.02. The van der Waals surface area contributed by atoms with Gasteiger partial charge in [0, 0.05) is 22.8 Å². The number of ether oxygens (including phenoxy) is 1. The summed E-state index contributed by atoms with van der Waals surface area (Å²) in [6.45, 7) is 5.04. The topological polar surface area (TPSA) is 38.0 Å². The van der Waals surface area contributed by atoms with Gasteiger partial charge < -0.3 is 9.30 Å². The number of hydrogen-bond acceptors (Lipinski definition) is 2. The highest BCUT2D eigenvalue weighted by Crippen LogP contribution is 2.36. The number of aryl methyl sites for hydroxylation is 2. The Morgan fingerprint density at radius 1 is 1.00 bits per heavy atom. The van der Waals surface area contributed by atoms with Crippen molar-refractivity contribution in [2.75, 3.05) is 7.11 Å². The lowest BCUT2D eigenvalue weighted by molar-refractivity contribution is 0.415. The van der Waals surface area contributed by atoms with Gasteiger partial charge in [-0.1, -0.05) is 24.3 Å². The summed E-state index contributed by atoms with van der Waals surface area (Å²) >= 11 is 0. The maximum Gasteiger partial charge on any atom is 0.119 e. The molecule has 0 spiro atoms. The molecule has 0 fully saturated rings. The molecule has 0 saturated carbocycles. The molecule has 0 bridgehead atoms. The highest BCUT2D eigenvalue weighted by atomic mass is 16.5. The largest absolute Gasteiger partial charge is 0.497 e. The van der Waals surface area contributed by atoms with Gasteiger partial charge in [-0.3, -0.25) is 0 Å². The first-order valence-corrected chi connectivity index (χ1v) is 8.67. The minimum Gasteiger partial charge on any atom is -0.497 e. The fraction of sp³-hybridized carbons (Fsp3) is 0.174. The first-order valence-electron chi connectivity index (χ1n) is 8.67.